The quantitative estimate of drug-likeness (QED) is 0.731. The van der Waals surface area contributed by atoms with Crippen LogP contribution in [0, 0.1) is 0 Å². The van der Waals surface area contributed by atoms with Gasteiger partial charge in [-0.05, 0) is 24.6 Å². The summed E-state index contributed by atoms with van der Waals surface area (Å²) in [7, 11) is 1.33. The second-order valence-corrected chi connectivity index (χ2v) is 4.98. The molecule has 1 amide bonds. The summed E-state index contributed by atoms with van der Waals surface area (Å²) in [6, 6.07) is 3.03. The Hall–Kier alpha value is -3.03. The third-order valence-corrected chi connectivity index (χ3v) is 3.51. The highest BCUT2D eigenvalue weighted by Gasteiger charge is 2.43. The average Bonchev–Trinajstić information content (AvgIpc) is 2.72. The highest BCUT2D eigenvalue weighted by Crippen LogP contribution is 2.40. The minimum Gasteiger partial charge on any atom is -0.504 e. The predicted octanol–water partition coefficient (Wildman–Crippen LogP) is 0.770. The lowest BCUT2D eigenvalue weighted by molar-refractivity contribution is -0.144. The molecule has 0 bridgehead atoms. The van der Waals surface area contributed by atoms with Gasteiger partial charge in [-0.25, -0.2) is 0 Å². The van der Waals surface area contributed by atoms with E-state index in [1.807, 2.05) is 0 Å². The minimum atomic E-state index is -1.29. The first-order chi connectivity index (χ1) is 10.8. The third kappa shape index (κ3) is 2.83. The Kier molecular flexibility index (Phi) is 4.26. The molecule has 1 aromatic rings. The van der Waals surface area contributed by atoms with E-state index in [0.717, 1.165) is 4.90 Å². The normalized spacial score (nSPS) is 17.6. The van der Waals surface area contributed by atoms with Crippen molar-refractivity contribution in [1.82, 2.24) is 4.90 Å². The number of phenols is 1. The summed E-state index contributed by atoms with van der Waals surface area (Å²) in [4.78, 5) is 35.8. The summed E-state index contributed by atoms with van der Waals surface area (Å²) in [5, 5.41) is 28.5. The van der Waals surface area contributed by atoms with Gasteiger partial charge in [-0.15, -0.1) is 0 Å². The Morgan fingerprint density at radius 3 is 2.48 bits per heavy atom. The Bertz CT molecular complexity index is 723. The van der Waals surface area contributed by atoms with E-state index in [1.54, 1.807) is 0 Å². The Morgan fingerprint density at radius 2 is 1.96 bits per heavy atom. The van der Waals surface area contributed by atoms with Crippen molar-refractivity contribution < 1.29 is 34.4 Å². The highest BCUT2D eigenvalue weighted by atomic mass is 16.5. The zero-order valence-electron chi connectivity index (χ0n) is 12.4. The lowest BCUT2D eigenvalue weighted by atomic mass is 9.96. The number of benzene rings is 1. The zero-order valence-corrected chi connectivity index (χ0v) is 12.4. The van der Waals surface area contributed by atoms with Crippen LogP contribution in [0.5, 0.6) is 11.5 Å². The number of carboxylic acid groups (broad SMARTS) is 1. The van der Waals surface area contributed by atoms with E-state index in [4.69, 9.17) is 9.84 Å². The van der Waals surface area contributed by atoms with Crippen LogP contribution in [0.15, 0.2) is 29.5 Å². The summed E-state index contributed by atoms with van der Waals surface area (Å²) in [6.07, 6.45) is 0. The molecule has 0 saturated carbocycles. The number of hydrogen-bond donors (Lipinski definition) is 3. The number of carbonyl (C=O) groups is 3. The zero-order chi connectivity index (χ0) is 17.3. The van der Waals surface area contributed by atoms with Crippen LogP contribution >= 0.6 is 0 Å². The lowest BCUT2D eigenvalue weighted by Crippen LogP contribution is -2.35. The molecule has 0 fully saturated rings. The number of hydrogen-bond acceptors (Lipinski definition) is 6. The molecule has 1 atom stereocenters. The van der Waals surface area contributed by atoms with Crippen molar-refractivity contribution in [3.05, 3.63) is 35.1 Å². The number of aromatic hydroxyl groups is 1. The molecule has 0 saturated heterocycles. The Morgan fingerprint density at radius 1 is 1.30 bits per heavy atom. The molecule has 1 heterocycles. The van der Waals surface area contributed by atoms with Crippen LogP contribution in [0.4, 0.5) is 0 Å². The van der Waals surface area contributed by atoms with E-state index in [1.165, 1.54) is 32.2 Å². The van der Waals surface area contributed by atoms with Gasteiger partial charge in [0.05, 0.1) is 18.7 Å². The van der Waals surface area contributed by atoms with Crippen molar-refractivity contribution in [3.63, 3.8) is 0 Å². The number of carboxylic acids is 1. The molecule has 0 spiro atoms. The maximum absolute atomic E-state index is 12.1. The van der Waals surface area contributed by atoms with Gasteiger partial charge < -0.3 is 25.0 Å². The fourth-order valence-electron chi connectivity index (χ4n) is 2.53. The number of aliphatic hydroxyl groups is 1. The molecule has 0 aliphatic carbocycles. The molecule has 1 aromatic carbocycles. The first-order valence-corrected chi connectivity index (χ1v) is 6.61. The van der Waals surface area contributed by atoms with Crippen molar-refractivity contribution in [2.75, 3.05) is 13.7 Å². The summed E-state index contributed by atoms with van der Waals surface area (Å²) in [5.74, 6) is -3.60. The van der Waals surface area contributed by atoms with Crippen LogP contribution < -0.4 is 4.74 Å². The maximum atomic E-state index is 12.1. The number of carbonyl (C=O) groups excluding carboxylic acids is 2. The summed E-state index contributed by atoms with van der Waals surface area (Å²) < 4.78 is 4.98. The van der Waals surface area contributed by atoms with Gasteiger partial charge in [0.2, 0.25) is 0 Å². The van der Waals surface area contributed by atoms with Crippen LogP contribution in [0.3, 0.4) is 0 Å². The smallest absolute Gasteiger partial charge is 0.323 e. The molecule has 2 rings (SSSR count). The van der Waals surface area contributed by atoms with Gasteiger partial charge in [-0.2, -0.15) is 0 Å². The van der Waals surface area contributed by atoms with Crippen molar-refractivity contribution in [1.29, 1.82) is 0 Å². The Balaban J connectivity index is 2.59. The van der Waals surface area contributed by atoms with E-state index in [0.29, 0.717) is 5.56 Å². The molecule has 0 aromatic heterocycles. The first-order valence-electron chi connectivity index (χ1n) is 6.61. The number of rotatable bonds is 5. The van der Waals surface area contributed by atoms with E-state index < -0.39 is 36.0 Å². The van der Waals surface area contributed by atoms with E-state index >= 15 is 0 Å². The summed E-state index contributed by atoms with van der Waals surface area (Å²) in [6.45, 7) is 0.487. The largest absolute Gasteiger partial charge is 0.504 e. The van der Waals surface area contributed by atoms with Crippen LogP contribution in [-0.2, 0) is 14.4 Å². The van der Waals surface area contributed by atoms with Gasteiger partial charge in [0.15, 0.2) is 23.0 Å². The van der Waals surface area contributed by atoms with Crippen LogP contribution in [-0.4, -0.2) is 51.5 Å². The molecule has 23 heavy (non-hydrogen) atoms. The monoisotopic (exact) mass is 321 g/mol. The molecule has 1 aliphatic heterocycles. The van der Waals surface area contributed by atoms with Crippen LogP contribution in [0.2, 0.25) is 0 Å². The van der Waals surface area contributed by atoms with Crippen molar-refractivity contribution in [2.24, 2.45) is 0 Å². The standard InChI is InChI=1S/C15H15NO7/c1-7(17)12-13(8-3-4-9(18)10(5-8)23-2)16(6-11(19)20)15(22)14(12)21/h3-5,13,18,21H,6H2,1-2H3,(H,19,20). The molecule has 3 N–H and O–H groups in total. The second-order valence-electron chi connectivity index (χ2n) is 4.98. The maximum Gasteiger partial charge on any atom is 0.323 e. The fraction of sp³-hybridized carbons (Fsp3) is 0.267. The minimum absolute atomic E-state index is 0.0968. The number of methoxy groups -OCH3 is 1. The number of ketones is 1. The number of ether oxygens (including phenoxy) is 1. The number of amides is 1. The highest BCUT2D eigenvalue weighted by molar-refractivity contribution is 6.08. The van der Waals surface area contributed by atoms with Crippen molar-refractivity contribution in [3.8, 4) is 11.5 Å². The van der Waals surface area contributed by atoms with Crippen molar-refractivity contribution in [2.45, 2.75) is 13.0 Å². The Labute approximate surface area is 131 Å². The lowest BCUT2D eigenvalue weighted by Gasteiger charge is -2.25. The van der Waals surface area contributed by atoms with Gasteiger partial charge in [-0.3, -0.25) is 14.4 Å². The van der Waals surface area contributed by atoms with E-state index in [-0.39, 0.29) is 17.1 Å². The number of aliphatic hydroxyl groups excluding tert-OH is 1. The molecule has 8 heteroatoms. The number of nitrogens with zero attached hydrogens (tertiary/aromatic N) is 1. The third-order valence-electron chi connectivity index (χ3n) is 3.51. The van der Waals surface area contributed by atoms with Gasteiger partial charge in [0, 0.05) is 0 Å². The summed E-state index contributed by atoms with van der Waals surface area (Å²) in [5.41, 5.74) is 0.146. The SMILES string of the molecule is COc1cc(C2C(C(C)=O)=C(O)C(=O)N2CC(=O)O)ccc1O. The molecule has 0 radical (unpaired) electrons. The fourth-order valence-corrected chi connectivity index (χ4v) is 2.53. The van der Waals surface area contributed by atoms with Gasteiger partial charge in [0.1, 0.15) is 6.54 Å². The van der Waals surface area contributed by atoms with Gasteiger partial charge in [0.25, 0.3) is 5.91 Å². The predicted molar refractivity (Wildman–Crippen MR) is 77.1 cm³/mol. The van der Waals surface area contributed by atoms with Gasteiger partial charge in [-0.1, -0.05) is 6.07 Å². The summed E-state index contributed by atoms with van der Waals surface area (Å²) >= 11 is 0. The molecule has 1 unspecified atom stereocenters. The first kappa shape index (κ1) is 16.3. The van der Waals surface area contributed by atoms with Crippen LogP contribution in [0.25, 0.3) is 0 Å². The van der Waals surface area contributed by atoms with Crippen molar-refractivity contribution >= 4 is 17.7 Å². The number of Topliss-reactive ketones (excluding diaryl/α,β-unsaturated/α-hetero) is 1. The second kappa shape index (κ2) is 5.99. The van der Waals surface area contributed by atoms with E-state index in [2.05, 4.69) is 0 Å². The molecule has 122 valence electrons. The topological polar surface area (TPSA) is 124 Å². The number of phenolic OH excluding ortho intramolecular Hbond substituents is 1. The molecule has 8 nitrogen and oxygen atoms in total. The average molecular weight is 321 g/mol. The van der Waals surface area contributed by atoms with Crippen LogP contribution in [0.1, 0.15) is 18.5 Å². The van der Waals surface area contributed by atoms with Gasteiger partial charge >= 0.3 is 5.97 Å². The molecule has 1 aliphatic rings. The van der Waals surface area contributed by atoms with E-state index in [9.17, 15) is 24.6 Å². The number of aliphatic carboxylic acids is 1. The molecular weight excluding hydrogens is 306 g/mol. The molecular formula is C15H15NO7.